The van der Waals surface area contributed by atoms with Crippen LogP contribution in [0.2, 0.25) is 5.02 Å². The monoisotopic (exact) mass is 470 g/mol. The average molecular weight is 471 g/mol. The highest BCUT2D eigenvalue weighted by Gasteiger charge is 2.24. The van der Waals surface area contributed by atoms with Crippen molar-refractivity contribution in [2.45, 2.75) is 25.8 Å². The number of aromatic nitrogens is 2. The molecule has 1 aromatic heterocycles. The first-order valence-electron chi connectivity index (χ1n) is 10.5. The Morgan fingerprint density at radius 3 is 2.85 bits per heavy atom. The summed E-state index contributed by atoms with van der Waals surface area (Å²) in [4.78, 5) is 45.6. The smallest absolute Gasteiger partial charge is 0.303 e. The minimum atomic E-state index is -0.969. The van der Waals surface area contributed by atoms with Gasteiger partial charge < -0.3 is 25.0 Å². The number of morpholine rings is 1. The molecular formula is C23H23ClN4O5. The van der Waals surface area contributed by atoms with Crippen LogP contribution >= 0.6 is 11.6 Å². The molecule has 4 rings (SSSR count). The predicted octanol–water partition coefficient (Wildman–Crippen LogP) is 3.22. The third-order valence-corrected chi connectivity index (χ3v) is 5.72. The molecule has 3 N–H and O–H groups in total. The zero-order valence-corrected chi connectivity index (χ0v) is 18.7. The summed E-state index contributed by atoms with van der Waals surface area (Å²) in [7, 11) is 0. The van der Waals surface area contributed by atoms with E-state index in [0.29, 0.717) is 40.6 Å². The number of carbonyl (C=O) groups excluding carboxylic acids is 2. The topological polar surface area (TPSA) is 125 Å². The minimum absolute atomic E-state index is 0.0373. The Morgan fingerprint density at radius 2 is 2.12 bits per heavy atom. The first-order valence-corrected chi connectivity index (χ1v) is 10.9. The largest absolute Gasteiger partial charge is 0.481 e. The number of anilines is 1. The van der Waals surface area contributed by atoms with Crippen LogP contribution in [0, 0.1) is 6.92 Å². The van der Waals surface area contributed by atoms with Gasteiger partial charge in [0.2, 0.25) is 0 Å². The fraction of sp³-hybridized carbons (Fsp3) is 0.304. The van der Waals surface area contributed by atoms with Gasteiger partial charge in [0.05, 0.1) is 23.7 Å². The van der Waals surface area contributed by atoms with Crippen LogP contribution in [0.15, 0.2) is 36.4 Å². The number of aromatic amines is 1. The van der Waals surface area contributed by atoms with Gasteiger partial charge in [-0.05, 0) is 55.3 Å². The molecule has 2 aromatic carbocycles. The van der Waals surface area contributed by atoms with E-state index in [0.717, 1.165) is 11.3 Å². The Morgan fingerprint density at radius 1 is 1.30 bits per heavy atom. The van der Waals surface area contributed by atoms with Gasteiger partial charge in [-0.15, -0.1) is 0 Å². The number of fused-ring (bicyclic) bond motifs is 1. The summed E-state index contributed by atoms with van der Waals surface area (Å²) in [6, 6.07) is 9.64. The zero-order valence-electron chi connectivity index (χ0n) is 17.9. The SMILES string of the molecule is Cc1cc(C(=O)NC(CCC(=O)O)c2nc3ccc(Cl)cc3[nH]2)ccc1N1CCOCC1=O. The van der Waals surface area contributed by atoms with Crippen LogP contribution in [0.25, 0.3) is 11.0 Å². The highest BCUT2D eigenvalue weighted by molar-refractivity contribution is 6.31. The quantitative estimate of drug-likeness (QED) is 0.487. The van der Waals surface area contributed by atoms with Crippen molar-refractivity contribution in [3.63, 3.8) is 0 Å². The average Bonchev–Trinajstić information content (AvgIpc) is 3.20. The normalized spacial score (nSPS) is 15.0. The number of amides is 2. The molecule has 2 heterocycles. The summed E-state index contributed by atoms with van der Waals surface area (Å²) in [5, 5.41) is 12.6. The van der Waals surface area contributed by atoms with E-state index in [1.807, 2.05) is 6.92 Å². The molecule has 2 amide bonds. The highest BCUT2D eigenvalue weighted by Crippen LogP contribution is 2.25. The lowest BCUT2D eigenvalue weighted by Crippen LogP contribution is -2.42. The second-order valence-corrected chi connectivity index (χ2v) is 8.28. The fourth-order valence-electron chi connectivity index (χ4n) is 3.83. The number of carboxylic acid groups (broad SMARTS) is 1. The van der Waals surface area contributed by atoms with Gasteiger partial charge >= 0.3 is 5.97 Å². The molecule has 1 aliphatic rings. The van der Waals surface area contributed by atoms with E-state index >= 15 is 0 Å². The van der Waals surface area contributed by atoms with Crippen molar-refractivity contribution < 1.29 is 24.2 Å². The van der Waals surface area contributed by atoms with Gasteiger partial charge in [0.1, 0.15) is 12.4 Å². The van der Waals surface area contributed by atoms with Gasteiger partial charge in [0, 0.05) is 29.2 Å². The number of rotatable bonds is 7. The van der Waals surface area contributed by atoms with E-state index < -0.39 is 12.0 Å². The van der Waals surface area contributed by atoms with E-state index in [1.165, 1.54) is 0 Å². The fourth-order valence-corrected chi connectivity index (χ4v) is 4.00. The number of halogens is 1. The number of ether oxygens (including phenoxy) is 1. The maximum Gasteiger partial charge on any atom is 0.303 e. The van der Waals surface area contributed by atoms with E-state index in [1.54, 1.807) is 41.3 Å². The van der Waals surface area contributed by atoms with Crippen LogP contribution in [-0.2, 0) is 14.3 Å². The number of nitrogens with one attached hydrogen (secondary N) is 2. The van der Waals surface area contributed by atoms with Crippen LogP contribution < -0.4 is 10.2 Å². The summed E-state index contributed by atoms with van der Waals surface area (Å²) in [5.74, 6) is -1.01. The Labute approximate surface area is 194 Å². The standard InChI is InChI=1S/C23H23ClN4O5/c1-13-10-14(2-6-19(13)28-8-9-33-12-20(28)29)23(32)27-17(5-7-21(30)31)22-25-16-4-3-15(24)11-18(16)26-22/h2-4,6,10-11,17H,5,7-9,12H2,1H3,(H,25,26)(H,27,32)(H,30,31). The third-order valence-electron chi connectivity index (χ3n) is 5.48. The second kappa shape index (κ2) is 9.60. The Bertz CT molecular complexity index is 1220. The van der Waals surface area contributed by atoms with Crippen molar-refractivity contribution in [2.24, 2.45) is 0 Å². The van der Waals surface area contributed by atoms with Crippen molar-refractivity contribution in [1.29, 1.82) is 0 Å². The van der Waals surface area contributed by atoms with Crippen LogP contribution in [0.5, 0.6) is 0 Å². The lowest BCUT2D eigenvalue weighted by Gasteiger charge is -2.28. The van der Waals surface area contributed by atoms with Crippen molar-refractivity contribution in [3.05, 3.63) is 58.4 Å². The summed E-state index contributed by atoms with van der Waals surface area (Å²) in [6.07, 6.45) is 0.0217. The summed E-state index contributed by atoms with van der Waals surface area (Å²) in [6.45, 7) is 2.79. The van der Waals surface area contributed by atoms with Gasteiger partial charge in [-0.3, -0.25) is 14.4 Å². The van der Waals surface area contributed by atoms with Crippen molar-refractivity contribution in [3.8, 4) is 0 Å². The van der Waals surface area contributed by atoms with Gasteiger partial charge in [-0.2, -0.15) is 0 Å². The summed E-state index contributed by atoms with van der Waals surface area (Å²) in [5.41, 5.74) is 3.27. The summed E-state index contributed by atoms with van der Waals surface area (Å²) >= 11 is 6.04. The molecule has 1 unspecified atom stereocenters. The molecule has 9 nitrogen and oxygen atoms in total. The lowest BCUT2D eigenvalue weighted by molar-refractivity contribution is -0.137. The molecule has 1 aliphatic heterocycles. The summed E-state index contributed by atoms with van der Waals surface area (Å²) < 4.78 is 5.18. The molecule has 1 atom stereocenters. The Hall–Kier alpha value is -3.43. The number of carbonyl (C=O) groups is 3. The highest BCUT2D eigenvalue weighted by atomic mass is 35.5. The molecule has 0 bridgehead atoms. The number of benzene rings is 2. The third kappa shape index (κ3) is 5.15. The van der Waals surface area contributed by atoms with E-state index in [9.17, 15) is 14.4 Å². The van der Waals surface area contributed by atoms with E-state index in [4.69, 9.17) is 21.4 Å². The molecule has 10 heteroatoms. The van der Waals surface area contributed by atoms with Crippen molar-refractivity contribution in [1.82, 2.24) is 15.3 Å². The number of carboxylic acids is 1. The molecule has 1 saturated heterocycles. The second-order valence-electron chi connectivity index (χ2n) is 7.84. The number of imidazole rings is 1. The molecule has 0 aliphatic carbocycles. The Kier molecular flexibility index (Phi) is 6.62. The number of aryl methyl sites for hydroxylation is 1. The Balaban J connectivity index is 1.56. The minimum Gasteiger partial charge on any atom is -0.481 e. The predicted molar refractivity (Wildman–Crippen MR) is 123 cm³/mol. The number of nitrogens with zero attached hydrogens (tertiary/aromatic N) is 2. The number of aliphatic carboxylic acids is 1. The molecule has 3 aromatic rings. The van der Waals surface area contributed by atoms with Crippen molar-refractivity contribution in [2.75, 3.05) is 24.7 Å². The molecular weight excluding hydrogens is 448 g/mol. The van der Waals surface area contributed by atoms with Gasteiger partial charge in [-0.25, -0.2) is 4.98 Å². The van der Waals surface area contributed by atoms with E-state index in [2.05, 4.69) is 15.3 Å². The number of hydrogen-bond acceptors (Lipinski definition) is 5. The van der Waals surface area contributed by atoms with Gasteiger partial charge in [-0.1, -0.05) is 11.6 Å². The molecule has 172 valence electrons. The lowest BCUT2D eigenvalue weighted by atomic mass is 10.1. The van der Waals surface area contributed by atoms with Crippen molar-refractivity contribution >= 4 is 46.1 Å². The van der Waals surface area contributed by atoms with Gasteiger partial charge in [0.15, 0.2) is 0 Å². The molecule has 33 heavy (non-hydrogen) atoms. The first-order chi connectivity index (χ1) is 15.8. The van der Waals surface area contributed by atoms with Crippen LogP contribution in [0.4, 0.5) is 5.69 Å². The molecule has 0 radical (unpaired) electrons. The van der Waals surface area contributed by atoms with Crippen LogP contribution in [0.3, 0.4) is 0 Å². The molecule has 0 spiro atoms. The first kappa shape index (κ1) is 22.8. The van der Waals surface area contributed by atoms with Crippen LogP contribution in [-0.4, -0.2) is 52.6 Å². The maximum atomic E-state index is 13.0. The molecule has 1 fully saturated rings. The number of hydrogen-bond donors (Lipinski definition) is 3. The maximum absolute atomic E-state index is 13.0. The van der Waals surface area contributed by atoms with E-state index in [-0.39, 0.29) is 31.3 Å². The number of H-pyrrole nitrogens is 1. The molecule has 0 saturated carbocycles. The zero-order chi connectivity index (χ0) is 23.5. The van der Waals surface area contributed by atoms with Crippen LogP contribution in [0.1, 0.15) is 40.6 Å². The van der Waals surface area contributed by atoms with Gasteiger partial charge in [0.25, 0.3) is 11.8 Å².